The topological polar surface area (TPSA) is 122 Å². The molecule has 1 fully saturated rings. The molecule has 3 aromatic rings. The van der Waals surface area contributed by atoms with Gasteiger partial charge in [-0.1, -0.05) is 24.3 Å². The zero-order valence-electron chi connectivity index (χ0n) is 20.0. The molecule has 1 aromatic heterocycles. The number of hydrogen-bond donors (Lipinski definition) is 1. The van der Waals surface area contributed by atoms with Gasteiger partial charge in [-0.05, 0) is 48.4 Å². The number of nitriles is 1. The highest BCUT2D eigenvalue weighted by Gasteiger charge is 2.36. The third-order valence-electron chi connectivity index (χ3n) is 5.64. The number of allylic oxidation sites excluding steroid dienone is 1. The monoisotopic (exact) mass is 497 g/mol. The standard InChI is InChI=1S/C28H23N3O6/c1-3-7-19-12-18(14-24(35-2)25(19)37-17-21-9-5-4-8-20(21)15-29)13-23-26(32)30-28(34)31(27(23)33)16-22-10-6-11-36-22/h3-6,8-14H,1,7,16-17H2,2H3,(H,30,32,34). The minimum Gasteiger partial charge on any atom is -0.493 e. The molecule has 2 heterocycles. The fraction of sp³-hybridized carbons (Fsp3) is 0.143. The highest BCUT2D eigenvalue weighted by atomic mass is 16.5. The Morgan fingerprint density at radius 1 is 1.14 bits per heavy atom. The molecular formula is C28H23N3O6. The van der Waals surface area contributed by atoms with E-state index in [-0.39, 0.29) is 18.7 Å². The number of urea groups is 1. The number of furan rings is 1. The summed E-state index contributed by atoms with van der Waals surface area (Å²) in [5, 5.41) is 11.5. The van der Waals surface area contributed by atoms with E-state index in [2.05, 4.69) is 18.0 Å². The van der Waals surface area contributed by atoms with Crippen LogP contribution in [-0.4, -0.2) is 29.9 Å². The van der Waals surface area contributed by atoms with Gasteiger partial charge in [-0.15, -0.1) is 6.58 Å². The fourth-order valence-corrected chi connectivity index (χ4v) is 3.86. The van der Waals surface area contributed by atoms with E-state index in [4.69, 9.17) is 13.9 Å². The van der Waals surface area contributed by atoms with Crippen molar-refractivity contribution < 1.29 is 28.3 Å². The number of imide groups is 2. The Hall–Kier alpha value is -5.10. The van der Waals surface area contributed by atoms with Gasteiger partial charge < -0.3 is 13.9 Å². The summed E-state index contributed by atoms with van der Waals surface area (Å²) in [6.45, 7) is 3.81. The molecule has 1 N–H and O–H groups in total. The summed E-state index contributed by atoms with van der Waals surface area (Å²) in [6.07, 6.45) is 4.92. The Balaban J connectivity index is 1.67. The van der Waals surface area contributed by atoms with E-state index in [1.165, 1.54) is 19.4 Å². The molecule has 0 unspecified atom stereocenters. The van der Waals surface area contributed by atoms with Crippen LogP contribution >= 0.6 is 0 Å². The summed E-state index contributed by atoms with van der Waals surface area (Å²) in [4.78, 5) is 38.8. The van der Waals surface area contributed by atoms with E-state index in [1.807, 2.05) is 6.07 Å². The SMILES string of the molecule is C=CCc1cc(C=C2C(=O)NC(=O)N(Cc3ccco3)C2=O)cc(OC)c1OCc1ccccc1C#N. The van der Waals surface area contributed by atoms with Gasteiger partial charge in [0.25, 0.3) is 11.8 Å². The van der Waals surface area contributed by atoms with E-state index in [0.717, 1.165) is 4.90 Å². The number of amides is 4. The minimum atomic E-state index is -0.824. The Morgan fingerprint density at radius 2 is 1.95 bits per heavy atom. The van der Waals surface area contributed by atoms with Crippen molar-refractivity contribution in [2.45, 2.75) is 19.6 Å². The zero-order valence-corrected chi connectivity index (χ0v) is 20.0. The second-order valence-electron chi connectivity index (χ2n) is 8.05. The fourth-order valence-electron chi connectivity index (χ4n) is 3.86. The molecule has 37 heavy (non-hydrogen) atoms. The molecule has 0 atom stereocenters. The first kappa shape index (κ1) is 25.0. The number of barbiturate groups is 1. The van der Waals surface area contributed by atoms with Gasteiger partial charge in [0.15, 0.2) is 11.5 Å². The number of carbonyl (C=O) groups is 3. The number of nitrogens with one attached hydrogen (secondary N) is 1. The smallest absolute Gasteiger partial charge is 0.331 e. The first-order valence-corrected chi connectivity index (χ1v) is 11.3. The molecule has 4 amide bonds. The lowest BCUT2D eigenvalue weighted by Crippen LogP contribution is -2.53. The van der Waals surface area contributed by atoms with Gasteiger partial charge in [-0.3, -0.25) is 19.8 Å². The molecular weight excluding hydrogens is 474 g/mol. The van der Waals surface area contributed by atoms with Crippen LogP contribution in [0.4, 0.5) is 4.79 Å². The first-order valence-electron chi connectivity index (χ1n) is 11.3. The number of carbonyl (C=O) groups excluding carboxylic acids is 3. The van der Waals surface area contributed by atoms with Crippen LogP contribution in [0.2, 0.25) is 0 Å². The van der Waals surface area contributed by atoms with E-state index in [0.29, 0.717) is 45.9 Å². The van der Waals surface area contributed by atoms with Crippen LogP contribution < -0.4 is 14.8 Å². The number of rotatable bonds is 9. The van der Waals surface area contributed by atoms with Gasteiger partial charge in [-0.2, -0.15) is 5.26 Å². The minimum absolute atomic E-state index is 0.121. The quantitative estimate of drug-likeness (QED) is 0.268. The molecule has 4 rings (SSSR count). The summed E-state index contributed by atoms with van der Waals surface area (Å²) in [7, 11) is 1.47. The predicted octanol–water partition coefficient (Wildman–Crippen LogP) is 4.13. The van der Waals surface area contributed by atoms with Crippen molar-refractivity contribution >= 4 is 23.9 Å². The summed E-state index contributed by atoms with van der Waals surface area (Å²) in [5.41, 5.74) is 2.19. The molecule has 1 aliphatic heterocycles. The molecule has 0 saturated carbocycles. The Kier molecular flexibility index (Phi) is 7.50. The number of methoxy groups -OCH3 is 1. The maximum absolute atomic E-state index is 13.1. The van der Waals surface area contributed by atoms with Gasteiger partial charge in [0.2, 0.25) is 0 Å². The van der Waals surface area contributed by atoms with Crippen molar-refractivity contribution in [1.82, 2.24) is 10.2 Å². The van der Waals surface area contributed by atoms with Crippen LogP contribution in [0.15, 0.2) is 77.4 Å². The molecule has 0 bridgehead atoms. The second-order valence-corrected chi connectivity index (χ2v) is 8.05. The zero-order chi connectivity index (χ0) is 26.4. The van der Waals surface area contributed by atoms with Crippen LogP contribution in [0.5, 0.6) is 11.5 Å². The Morgan fingerprint density at radius 3 is 2.65 bits per heavy atom. The molecule has 9 nitrogen and oxygen atoms in total. The predicted molar refractivity (Wildman–Crippen MR) is 133 cm³/mol. The first-order chi connectivity index (χ1) is 17.9. The van der Waals surface area contributed by atoms with Crippen molar-refractivity contribution in [2.75, 3.05) is 7.11 Å². The van der Waals surface area contributed by atoms with Crippen molar-refractivity contribution in [3.63, 3.8) is 0 Å². The number of nitrogens with zero attached hydrogens (tertiary/aromatic N) is 2. The maximum Gasteiger partial charge on any atom is 0.331 e. The third-order valence-corrected chi connectivity index (χ3v) is 5.64. The average Bonchev–Trinajstić information content (AvgIpc) is 3.42. The van der Waals surface area contributed by atoms with Crippen LogP contribution in [0.3, 0.4) is 0 Å². The lowest BCUT2D eigenvalue weighted by molar-refractivity contribution is -0.130. The van der Waals surface area contributed by atoms with Gasteiger partial charge in [-0.25, -0.2) is 4.79 Å². The number of ether oxygens (including phenoxy) is 2. The summed E-state index contributed by atoms with van der Waals surface area (Å²) in [5.74, 6) is -0.336. The highest BCUT2D eigenvalue weighted by Crippen LogP contribution is 2.35. The molecule has 0 aliphatic carbocycles. The lowest BCUT2D eigenvalue weighted by atomic mass is 10.0. The molecule has 186 valence electrons. The summed E-state index contributed by atoms with van der Waals surface area (Å²) >= 11 is 0. The van der Waals surface area contributed by atoms with E-state index >= 15 is 0 Å². The van der Waals surface area contributed by atoms with Crippen LogP contribution in [0, 0.1) is 11.3 Å². The van der Waals surface area contributed by atoms with Crippen molar-refractivity contribution in [3.8, 4) is 17.6 Å². The van der Waals surface area contributed by atoms with Crippen LogP contribution in [-0.2, 0) is 29.2 Å². The largest absolute Gasteiger partial charge is 0.493 e. The van der Waals surface area contributed by atoms with Crippen molar-refractivity contribution in [3.05, 3.63) is 101 Å². The number of hydrogen-bond acceptors (Lipinski definition) is 7. The van der Waals surface area contributed by atoms with Crippen LogP contribution in [0.1, 0.15) is 28.0 Å². The van der Waals surface area contributed by atoms with Gasteiger partial charge in [0, 0.05) is 11.1 Å². The molecule has 0 spiro atoms. The average molecular weight is 498 g/mol. The summed E-state index contributed by atoms with van der Waals surface area (Å²) in [6, 6.07) is 15.1. The van der Waals surface area contributed by atoms with Gasteiger partial charge >= 0.3 is 6.03 Å². The highest BCUT2D eigenvalue weighted by molar-refractivity contribution is 6.30. The van der Waals surface area contributed by atoms with E-state index < -0.39 is 17.8 Å². The molecule has 9 heteroatoms. The van der Waals surface area contributed by atoms with Crippen LogP contribution in [0.25, 0.3) is 6.08 Å². The van der Waals surface area contributed by atoms with Gasteiger partial charge in [0.1, 0.15) is 17.9 Å². The molecule has 1 aliphatic rings. The van der Waals surface area contributed by atoms with E-state index in [9.17, 15) is 19.6 Å². The molecule has 2 aromatic carbocycles. The normalized spacial score (nSPS) is 14.3. The van der Waals surface area contributed by atoms with Gasteiger partial charge in [0.05, 0.1) is 31.6 Å². The Bertz CT molecular complexity index is 1430. The van der Waals surface area contributed by atoms with Crippen molar-refractivity contribution in [2.24, 2.45) is 0 Å². The maximum atomic E-state index is 13.1. The summed E-state index contributed by atoms with van der Waals surface area (Å²) < 4.78 is 16.8. The Labute approximate surface area is 213 Å². The lowest BCUT2D eigenvalue weighted by Gasteiger charge is -2.25. The number of benzene rings is 2. The molecule has 1 saturated heterocycles. The molecule has 0 radical (unpaired) electrons. The third kappa shape index (κ3) is 5.44. The second kappa shape index (κ2) is 11.1. The van der Waals surface area contributed by atoms with E-state index in [1.54, 1.807) is 48.5 Å². The van der Waals surface area contributed by atoms with Crippen molar-refractivity contribution in [1.29, 1.82) is 5.26 Å².